The maximum absolute atomic E-state index is 5.66. The highest BCUT2D eigenvalue weighted by Gasteiger charge is 2.18. The predicted molar refractivity (Wildman–Crippen MR) is 63.3 cm³/mol. The van der Waals surface area contributed by atoms with E-state index in [2.05, 4.69) is 34.6 Å². The predicted octanol–water partition coefficient (Wildman–Crippen LogP) is 1.67. The highest BCUT2D eigenvalue weighted by Crippen LogP contribution is 2.16. The molecule has 88 valence electrons. The molecule has 1 aromatic carbocycles. The van der Waals surface area contributed by atoms with Crippen LogP contribution in [0.1, 0.15) is 11.3 Å². The lowest BCUT2D eigenvalue weighted by atomic mass is 10.0. The number of aromatic nitrogens is 3. The van der Waals surface area contributed by atoms with Crippen molar-refractivity contribution in [2.75, 3.05) is 6.61 Å². The molecular formula is C13H15N3O. The maximum atomic E-state index is 5.66. The number of rotatable bonds is 2. The van der Waals surface area contributed by atoms with E-state index in [1.165, 1.54) is 5.56 Å². The first kappa shape index (κ1) is 10.5. The lowest BCUT2D eigenvalue weighted by Gasteiger charge is -2.13. The molecule has 1 aliphatic rings. The van der Waals surface area contributed by atoms with Gasteiger partial charge in [0.1, 0.15) is 0 Å². The SMILES string of the molecule is c1ccc(CC2COCc3cnnn3C2)cc1. The first-order chi connectivity index (χ1) is 8.42. The van der Waals surface area contributed by atoms with Crippen molar-refractivity contribution in [1.29, 1.82) is 0 Å². The Balaban J connectivity index is 1.73. The maximum Gasteiger partial charge on any atom is 0.0901 e. The van der Waals surface area contributed by atoms with Crippen LogP contribution in [-0.2, 0) is 24.3 Å². The third-order valence-corrected chi connectivity index (χ3v) is 3.10. The van der Waals surface area contributed by atoms with E-state index in [0.29, 0.717) is 12.5 Å². The van der Waals surface area contributed by atoms with Gasteiger partial charge in [0.05, 0.1) is 25.1 Å². The summed E-state index contributed by atoms with van der Waals surface area (Å²) in [5.41, 5.74) is 2.42. The van der Waals surface area contributed by atoms with E-state index in [1.807, 2.05) is 10.7 Å². The van der Waals surface area contributed by atoms with Crippen molar-refractivity contribution in [1.82, 2.24) is 15.0 Å². The summed E-state index contributed by atoms with van der Waals surface area (Å²) >= 11 is 0. The van der Waals surface area contributed by atoms with Crippen LogP contribution in [0.4, 0.5) is 0 Å². The minimum Gasteiger partial charge on any atom is -0.375 e. The summed E-state index contributed by atoms with van der Waals surface area (Å²) in [5.74, 6) is 0.473. The van der Waals surface area contributed by atoms with E-state index in [-0.39, 0.29) is 0 Å². The summed E-state index contributed by atoms with van der Waals surface area (Å²) in [6.45, 7) is 2.31. The summed E-state index contributed by atoms with van der Waals surface area (Å²) < 4.78 is 7.62. The second-order valence-electron chi connectivity index (χ2n) is 4.48. The van der Waals surface area contributed by atoms with Crippen LogP contribution in [-0.4, -0.2) is 21.6 Å². The van der Waals surface area contributed by atoms with Crippen LogP contribution in [0.15, 0.2) is 36.5 Å². The zero-order valence-electron chi connectivity index (χ0n) is 9.62. The molecule has 0 aliphatic carbocycles. The molecule has 0 bridgehead atoms. The minimum absolute atomic E-state index is 0.473. The minimum atomic E-state index is 0.473. The average Bonchev–Trinajstić information content (AvgIpc) is 2.70. The van der Waals surface area contributed by atoms with Gasteiger partial charge in [0.15, 0.2) is 0 Å². The van der Waals surface area contributed by atoms with Crippen LogP contribution >= 0.6 is 0 Å². The standard InChI is InChI=1S/C13H15N3O/c1-2-4-11(5-3-1)6-12-8-16-13(7-14-15-16)10-17-9-12/h1-5,7,12H,6,8-10H2. The van der Waals surface area contributed by atoms with Crippen molar-refractivity contribution in [3.05, 3.63) is 47.8 Å². The van der Waals surface area contributed by atoms with E-state index in [1.54, 1.807) is 6.20 Å². The van der Waals surface area contributed by atoms with Crippen LogP contribution in [0, 0.1) is 5.92 Å². The molecule has 0 saturated carbocycles. The van der Waals surface area contributed by atoms with Gasteiger partial charge in [0.2, 0.25) is 0 Å². The third kappa shape index (κ3) is 2.36. The Morgan fingerprint density at radius 2 is 2.18 bits per heavy atom. The Kier molecular flexibility index (Phi) is 2.88. The van der Waals surface area contributed by atoms with Gasteiger partial charge in [-0.1, -0.05) is 35.5 Å². The molecule has 4 heteroatoms. The Hall–Kier alpha value is -1.68. The van der Waals surface area contributed by atoms with E-state index < -0.39 is 0 Å². The van der Waals surface area contributed by atoms with Gasteiger partial charge in [-0.25, -0.2) is 4.68 Å². The summed E-state index contributed by atoms with van der Waals surface area (Å²) in [5, 5.41) is 8.02. The van der Waals surface area contributed by atoms with Gasteiger partial charge in [-0.15, -0.1) is 5.10 Å². The second-order valence-corrected chi connectivity index (χ2v) is 4.48. The fraction of sp³-hybridized carbons (Fsp3) is 0.385. The van der Waals surface area contributed by atoms with Crippen molar-refractivity contribution in [3.8, 4) is 0 Å². The first-order valence-electron chi connectivity index (χ1n) is 5.91. The van der Waals surface area contributed by atoms with E-state index in [9.17, 15) is 0 Å². The fourth-order valence-electron chi connectivity index (χ4n) is 2.24. The molecule has 0 N–H and O–H groups in total. The van der Waals surface area contributed by atoms with Gasteiger partial charge in [-0.2, -0.15) is 0 Å². The van der Waals surface area contributed by atoms with E-state index in [4.69, 9.17) is 4.74 Å². The molecule has 0 amide bonds. The van der Waals surface area contributed by atoms with Gasteiger partial charge < -0.3 is 4.74 Å². The van der Waals surface area contributed by atoms with Gasteiger partial charge in [-0.05, 0) is 12.0 Å². The van der Waals surface area contributed by atoms with E-state index >= 15 is 0 Å². The molecule has 1 aromatic heterocycles. The molecule has 2 aromatic rings. The van der Waals surface area contributed by atoms with Gasteiger partial charge in [0.25, 0.3) is 0 Å². The smallest absolute Gasteiger partial charge is 0.0901 e. The zero-order chi connectivity index (χ0) is 11.5. The number of benzene rings is 1. The van der Waals surface area contributed by atoms with Gasteiger partial charge >= 0.3 is 0 Å². The molecule has 3 rings (SSSR count). The summed E-state index contributed by atoms with van der Waals surface area (Å²) in [4.78, 5) is 0. The first-order valence-corrected chi connectivity index (χ1v) is 5.91. The van der Waals surface area contributed by atoms with Crippen molar-refractivity contribution < 1.29 is 4.74 Å². The highest BCUT2D eigenvalue weighted by molar-refractivity contribution is 5.15. The molecular weight excluding hydrogens is 214 g/mol. The quantitative estimate of drug-likeness (QED) is 0.786. The van der Waals surface area contributed by atoms with Crippen LogP contribution in [0.2, 0.25) is 0 Å². The average molecular weight is 229 g/mol. The third-order valence-electron chi connectivity index (χ3n) is 3.10. The van der Waals surface area contributed by atoms with Crippen LogP contribution in [0.5, 0.6) is 0 Å². The van der Waals surface area contributed by atoms with Crippen molar-refractivity contribution in [2.45, 2.75) is 19.6 Å². The normalized spacial score (nSPS) is 19.6. The number of nitrogens with zero attached hydrogens (tertiary/aromatic N) is 3. The number of ether oxygens (including phenoxy) is 1. The fourth-order valence-corrected chi connectivity index (χ4v) is 2.24. The molecule has 1 unspecified atom stereocenters. The molecule has 0 saturated heterocycles. The molecule has 0 fully saturated rings. The summed E-state index contributed by atoms with van der Waals surface area (Å²) in [6.07, 6.45) is 2.81. The monoisotopic (exact) mass is 229 g/mol. The molecule has 0 spiro atoms. The van der Waals surface area contributed by atoms with Crippen molar-refractivity contribution in [2.24, 2.45) is 5.92 Å². The second kappa shape index (κ2) is 4.67. The lowest BCUT2D eigenvalue weighted by Crippen LogP contribution is -2.17. The topological polar surface area (TPSA) is 39.9 Å². The summed E-state index contributed by atoms with van der Waals surface area (Å²) in [6, 6.07) is 10.5. The Labute approximate surface area is 100 Å². The van der Waals surface area contributed by atoms with Crippen molar-refractivity contribution in [3.63, 3.8) is 0 Å². The molecule has 2 heterocycles. The molecule has 1 aliphatic heterocycles. The molecule has 4 nitrogen and oxygen atoms in total. The van der Waals surface area contributed by atoms with Crippen molar-refractivity contribution >= 4 is 0 Å². The molecule has 0 radical (unpaired) electrons. The largest absolute Gasteiger partial charge is 0.375 e. The van der Waals surface area contributed by atoms with Gasteiger partial charge in [0, 0.05) is 12.5 Å². The van der Waals surface area contributed by atoms with Crippen LogP contribution in [0.25, 0.3) is 0 Å². The van der Waals surface area contributed by atoms with Gasteiger partial charge in [-0.3, -0.25) is 0 Å². The Morgan fingerprint density at radius 1 is 1.29 bits per heavy atom. The zero-order valence-corrected chi connectivity index (χ0v) is 9.62. The Bertz CT molecular complexity index is 480. The van der Waals surface area contributed by atoms with Crippen LogP contribution in [0.3, 0.4) is 0 Å². The lowest BCUT2D eigenvalue weighted by molar-refractivity contribution is 0.0944. The number of hydrogen-bond acceptors (Lipinski definition) is 3. The summed E-state index contributed by atoms with van der Waals surface area (Å²) in [7, 11) is 0. The number of fused-ring (bicyclic) bond motifs is 1. The highest BCUT2D eigenvalue weighted by atomic mass is 16.5. The molecule has 1 atom stereocenters. The molecule has 17 heavy (non-hydrogen) atoms. The number of hydrogen-bond donors (Lipinski definition) is 0. The Morgan fingerprint density at radius 3 is 3.06 bits per heavy atom. The van der Waals surface area contributed by atoms with Crippen LogP contribution < -0.4 is 0 Å². The van der Waals surface area contributed by atoms with E-state index in [0.717, 1.165) is 25.3 Å².